The van der Waals surface area contributed by atoms with Crippen LogP contribution in [-0.2, 0) is 16.0 Å². The van der Waals surface area contributed by atoms with Crippen molar-refractivity contribution in [1.82, 2.24) is 0 Å². The second kappa shape index (κ2) is 4.59. The molecule has 0 radical (unpaired) electrons. The van der Waals surface area contributed by atoms with Crippen molar-refractivity contribution < 1.29 is 24.2 Å². The highest BCUT2D eigenvalue weighted by atomic mass is 16.6. The number of ketones is 1. The van der Waals surface area contributed by atoms with E-state index in [2.05, 4.69) is 0 Å². The quantitative estimate of drug-likeness (QED) is 0.655. The van der Waals surface area contributed by atoms with Crippen LogP contribution in [0, 0.1) is 0 Å². The number of aliphatic hydroxyl groups is 1. The van der Waals surface area contributed by atoms with Crippen molar-refractivity contribution in [2.75, 3.05) is 7.11 Å². The maximum atomic E-state index is 12.3. The van der Waals surface area contributed by atoms with Gasteiger partial charge in [-0.1, -0.05) is 6.07 Å². The van der Waals surface area contributed by atoms with Gasteiger partial charge in [-0.3, -0.25) is 4.79 Å². The highest BCUT2D eigenvalue weighted by Gasteiger charge is 2.52. The molecule has 0 unspecified atom stereocenters. The lowest BCUT2D eigenvalue weighted by Gasteiger charge is -2.25. The van der Waals surface area contributed by atoms with Gasteiger partial charge in [0.25, 0.3) is 0 Å². The number of ether oxygens (including phenoxy) is 2. The molecule has 1 N–H and O–H groups in total. The standard InChI is InChI=1S/C15H18O5/c1-14(2,3)20-13(17)15(18)8-9-5-6-10(19-4)7-11(9)12(15)16/h5-7,18H,8H2,1-4H3/t15-/m0/s1. The van der Waals surface area contributed by atoms with Crippen molar-refractivity contribution in [3.8, 4) is 5.75 Å². The van der Waals surface area contributed by atoms with E-state index in [-0.39, 0.29) is 6.42 Å². The molecule has 0 amide bonds. The van der Waals surface area contributed by atoms with Crippen LogP contribution in [0.25, 0.3) is 0 Å². The van der Waals surface area contributed by atoms with Crippen LogP contribution in [0.5, 0.6) is 5.75 Å². The predicted molar refractivity (Wildman–Crippen MR) is 71.8 cm³/mol. The average Bonchev–Trinajstić information content (AvgIpc) is 2.61. The Hall–Kier alpha value is -1.88. The Morgan fingerprint density at radius 3 is 2.55 bits per heavy atom. The molecule has 1 atom stereocenters. The number of carbonyl (C=O) groups excluding carboxylic acids is 2. The van der Waals surface area contributed by atoms with E-state index in [1.807, 2.05) is 0 Å². The molecule has 0 fully saturated rings. The number of methoxy groups -OCH3 is 1. The summed E-state index contributed by atoms with van der Waals surface area (Å²) in [6.45, 7) is 5.05. The van der Waals surface area contributed by atoms with Gasteiger partial charge in [0, 0.05) is 12.0 Å². The predicted octanol–water partition coefficient (Wildman–Crippen LogP) is 1.51. The van der Waals surface area contributed by atoms with Crippen LogP contribution in [0.1, 0.15) is 36.7 Å². The zero-order valence-electron chi connectivity index (χ0n) is 12.0. The fourth-order valence-electron chi connectivity index (χ4n) is 2.15. The zero-order chi connectivity index (χ0) is 15.1. The monoisotopic (exact) mass is 278 g/mol. The highest BCUT2D eigenvalue weighted by molar-refractivity contribution is 6.18. The molecule has 20 heavy (non-hydrogen) atoms. The van der Waals surface area contributed by atoms with Gasteiger partial charge < -0.3 is 14.6 Å². The van der Waals surface area contributed by atoms with Crippen molar-refractivity contribution in [3.63, 3.8) is 0 Å². The summed E-state index contributed by atoms with van der Waals surface area (Å²) in [5.41, 5.74) is -1.98. The van der Waals surface area contributed by atoms with Crippen molar-refractivity contribution in [2.45, 2.75) is 38.4 Å². The molecule has 1 aliphatic carbocycles. The lowest BCUT2D eigenvalue weighted by Crippen LogP contribution is -2.48. The van der Waals surface area contributed by atoms with Crippen LogP contribution in [0.15, 0.2) is 18.2 Å². The molecular formula is C15H18O5. The lowest BCUT2D eigenvalue weighted by atomic mass is 9.99. The zero-order valence-corrected chi connectivity index (χ0v) is 12.0. The minimum Gasteiger partial charge on any atom is -0.497 e. The molecule has 0 aromatic heterocycles. The Morgan fingerprint density at radius 2 is 2.00 bits per heavy atom. The number of Topliss-reactive ketones (excluding diaryl/α,β-unsaturated/α-hetero) is 1. The molecule has 0 spiro atoms. The van der Waals surface area contributed by atoms with Crippen LogP contribution in [0.4, 0.5) is 0 Å². The Kier molecular flexibility index (Phi) is 3.34. The number of hydrogen-bond donors (Lipinski definition) is 1. The fraction of sp³-hybridized carbons (Fsp3) is 0.467. The number of hydrogen-bond acceptors (Lipinski definition) is 5. The topological polar surface area (TPSA) is 72.8 Å². The van der Waals surface area contributed by atoms with Crippen LogP contribution in [-0.4, -0.2) is 35.2 Å². The number of rotatable bonds is 2. The van der Waals surface area contributed by atoms with Crippen LogP contribution < -0.4 is 4.74 Å². The van der Waals surface area contributed by atoms with Gasteiger partial charge in [-0.2, -0.15) is 0 Å². The van der Waals surface area contributed by atoms with E-state index < -0.39 is 23.0 Å². The SMILES string of the molecule is COc1ccc2c(c1)C(=O)[C@](O)(C(=O)OC(C)(C)C)C2. The van der Waals surface area contributed by atoms with Gasteiger partial charge in [-0.15, -0.1) is 0 Å². The first-order valence-corrected chi connectivity index (χ1v) is 6.35. The van der Waals surface area contributed by atoms with Crippen LogP contribution in [0.2, 0.25) is 0 Å². The van der Waals surface area contributed by atoms with Crippen molar-refractivity contribution in [2.24, 2.45) is 0 Å². The Labute approximate surface area is 117 Å². The van der Waals surface area contributed by atoms with Crippen LogP contribution >= 0.6 is 0 Å². The van der Waals surface area contributed by atoms with E-state index in [0.29, 0.717) is 16.9 Å². The van der Waals surface area contributed by atoms with Gasteiger partial charge in [0.1, 0.15) is 11.4 Å². The van der Waals surface area contributed by atoms with Crippen molar-refractivity contribution >= 4 is 11.8 Å². The molecule has 0 saturated carbocycles. The van der Waals surface area contributed by atoms with Crippen molar-refractivity contribution in [1.29, 1.82) is 0 Å². The third-order valence-electron chi connectivity index (χ3n) is 3.12. The maximum absolute atomic E-state index is 12.3. The van der Waals surface area contributed by atoms with E-state index in [1.165, 1.54) is 13.2 Å². The minimum atomic E-state index is -2.14. The van der Waals surface area contributed by atoms with Gasteiger partial charge in [0.15, 0.2) is 0 Å². The molecule has 1 aliphatic rings. The first kappa shape index (κ1) is 14.5. The lowest BCUT2D eigenvalue weighted by molar-refractivity contribution is -0.171. The Morgan fingerprint density at radius 1 is 1.35 bits per heavy atom. The Balaban J connectivity index is 2.33. The molecule has 0 saturated heterocycles. The molecule has 1 aromatic rings. The fourth-order valence-corrected chi connectivity index (χ4v) is 2.15. The first-order valence-electron chi connectivity index (χ1n) is 6.35. The summed E-state index contributed by atoms with van der Waals surface area (Å²) < 4.78 is 10.2. The van der Waals surface area contributed by atoms with E-state index in [0.717, 1.165) is 0 Å². The minimum absolute atomic E-state index is 0.0694. The van der Waals surface area contributed by atoms with E-state index in [1.54, 1.807) is 32.9 Å². The summed E-state index contributed by atoms with van der Waals surface area (Å²) in [4.78, 5) is 24.4. The second-order valence-electron chi connectivity index (χ2n) is 5.89. The average molecular weight is 278 g/mol. The molecule has 1 aromatic carbocycles. The Bertz CT molecular complexity index is 570. The molecule has 5 heteroatoms. The molecule has 0 heterocycles. The third-order valence-corrected chi connectivity index (χ3v) is 3.12. The summed E-state index contributed by atoms with van der Waals surface area (Å²) in [5, 5.41) is 10.4. The smallest absolute Gasteiger partial charge is 0.347 e. The van der Waals surface area contributed by atoms with Gasteiger partial charge in [-0.25, -0.2) is 4.79 Å². The highest BCUT2D eigenvalue weighted by Crippen LogP contribution is 2.34. The summed E-state index contributed by atoms with van der Waals surface area (Å²) >= 11 is 0. The molecule has 0 aliphatic heterocycles. The van der Waals surface area contributed by atoms with Crippen LogP contribution in [0.3, 0.4) is 0 Å². The van der Waals surface area contributed by atoms with E-state index >= 15 is 0 Å². The number of fused-ring (bicyclic) bond motifs is 1. The van der Waals surface area contributed by atoms with Gasteiger partial charge in [0.2, 0.25) is 11.4 Å². The molecule has 108 valence electrons. The second-order valence-corrected chi connectivity index (χ2v) is 5.89. The van der Waals surface area contributed by atoms with E-state index in [4.69, 9.17) is 9.47 Å². The molecule has 5 nitrogen and oxygen atoms in total. The van der Waals surface area contributed by atoms with Gasteiger partial charge in [0.05, 0.1) is 7.11 Å². The van der Waals surface area contributed by atoms with Gasteiger partial charge in [-0.05, 0) is 38.5 Å². The largest absolute Gasteiger partial charge is 0.497 e. The van der Waals surface area contributed by atoms with Gasteiger partial charge >= 0.3 is 5.97 Å². The molecular weight excluding hydrogens is 260 g/mol. The molecule has 2 rings (SSSR count). The normalized spacial score (nSPS) is 21.6. The summed E-state index contributed by atoms with van der Waals surface area (Å²) in [6, 6.07) is 4.89. The van der Waals surface area contributed by atoms with E-state index in [9.17, 15) is 14.7 Å². The summed E-state index contributed by atoms with van der Waals surface area (Å²) in [6.07, 6.45) is -0.0694. The van der Waals surface area contributed by atoms with Crippen molar-refractivity contribution in [3.05, 3.63) is 29.3 Å². The summed E-state index contributed by atoms with van der Waals surface area (Å²) in [7, 11) is 1.49. The number of carbonyl (C=O) groups is 2. The maximum Gasteiger partial charge on any atom is 0.347 e. The summed E-state index contributed by atoms with van der Waals surface area (Å²) in [5.74, 6) is -1.05. The first-order chi connectivity index (χ1) is 9.17. The number of esters is 1. The molecule has 0 bridgehead atoms. The number of benzene rings is 1. The third kappa shape index (κ3) is 2.41.